The molecular weight excluding hydrogens is 210 g/mol. The summed E-state index contributed by atoms with van der Waals surface area (Å²) < 4.78 is 0. The number of aliphatic hydroxyl groups is 1. The Hall–Kier alpha value is -0.860. The van der Waals surface area contributed by atoms with Gasteiger partial charge in [0.1, 0.15) is 0 Å². The molecule has 2 heteroatoms. The molecule has 0 aliphatic carbocycles. The minimum atomic E-state index is -0.387. The fourth-order valence-corrected chi connectivity index (χ4v) is 2.39. The van der Waals surface area contributed by atoms with Gasteiger partial charge in [-0.2, -0.15) is 0 Å². The van der Waals surface area contributed by atoms with Gasteiger partial charge in [0.2, 0.25) is 0 Å². The summed E-state index contributed by atoms with van der Waals surface area (Å²) in [6.45, 7) is 7.16. The molecule has 0 aromatic heterocycles. The van der Waals surface area contributed by atoms with E-state index in [9.17, 15) is 5.11 Å². The Kier molecular flexibility index (Phi) is 5.66. The number of rotatable bonds is 6. The van der Waals surface area contributed by atoms with E-state index >= 15 is 0 Å². The molecule has 0 fully saturated rings. The highest BCUT2D eigenvalue weighted by Crippen LogP contribution is 2.19. The van der Waals surface area contributed by atoms with Crippen molar-refractivity contribution in [1.29, 1.82) is 0 Å². The Morgan fingerprint density at radius 1 is 1.18 bits per heavy atom. The van der Waals surface area contributed by atoms with Gasteiger partial charge in [0.25, 0.3) is 0 Å². The van der Waals surface area contributed by atoms with Crippen molar-refractivity contribution in [2.24, 2.45) is 0 Å². The lowest BCUT2D eigenvalue weighted by Gasteiger charge is -2.28. The van der Waals surface area contributed by atoms with Crippen molar-refractivity contribution in [3.8, 4) is 0 Å². The maximum atomic E-state index is 10.3. The first-order valence-corrected chi connectivity index (χ1v) is 6.53. The van der Waals surface area contributed by atoms with E-state index in [0.717, 1.165) is 24.0 Å². The van der Waals surface area contributed by atoms with E-state index in [-0.39, 0.29) is 6.10 Å². The highest BCUT2D eigenvalue weighted by molar-refractivity contribution is 5.27. The van der Waals surface area contributed by atoms with Gasteiger partial charge in [0, 0.05) is 12.6 Å². The number of aliphatic hydroxyl groups excluding tert-OH is 1. The predicted octanol–water partition coefficient (Wildman–Crippen LogP) is 3.15. The first-order valence-electron chi connectivity index (χ1n) is 6.53. The molecule has 0 amide bonds. The molecular formula is C15H25NO. The Labute approximate surface area is 105 Å². The molecule has 1 N–H and O–H groups in total. The normalized spacial score (nSPS) is 13.4. The molecule has 0 saturated carbocycles. The van der Waals surface area contributed by atoms with Crippen LogP contribution >= 0.6 is 0 Å². The van der Waals surface area contributed by atoms with Crippen LogP contribution in [0.4, 0.5) is 0 Å². The number of hydrogen-bond acceptors (Lipinski definition) is 2. The van der Waals surface area contributed by atoms with Gasteiger partial charge in [-0.05, 0) is 37.9 Å². The van der Waals surface area contributed by atoms with Crippen LogP contribution in [0.2, 0.25) is 0 Å². The van der Waals surface area contributed by atoms with E-state index in [1.165, 1.54) is 0 Å². The van der Waals surface area contributed by atoms with Gasteiger partial charge >= 0.3 is 0 Å². The lowest BCUT2D eigenvalue weighted by Crippen LogP contribution is -2.34. The Bertz CT molecular complexity index is 333. The molecule has 1 unspecified atom stereocenters. The second-order valence-corrected chi connectivity index (χ2v) is 4.78. The van der Waals surface area contributed by atoms with Crippen LogP contribution in [-0.4, -0.2) is 29.6 Å². The standard InChI is InChI=1S/C15H25NO/c1-5-13(6-2)16(4)11-15(17)14-10-8-7-9-12(14)3/h7-10,13,15,17H,5-6,11H2,1-4H3. The summed E-state index contributed by atoms with van der Waals surface area (Å²) in [4.78, 5) is 2.26. The average Bonchev–Trinajstić information content (AvgIpc) is 2.31. The van der Waals surface area contributed by atoms with Crippen molar-refractivity contribution < 1.29 is 5.11 Å². The zero-order valence-electron chi connectivity index (χ0n) is 11.5. The molecule has 2 nitrogen and oxygen atoms in total. The van der Waals surface area contributed by atoms with Gasteiger partial charge in [-0.25, -0.2) is 0 Å². The second kappa shape index (κ2) is 6.77. The van der Waals surface area contributed by atoms with Crippen LogP contribution in [0.25, 0.3) is 0 Å². The molecule has 0 aliphatic rings. The van der Waals surface area contributed by atoms with E-state index in [1.54, 1.807) is 0 Å². The molecule has 1 rings (SSSR count). The van der Waals surface area contributed by atoms with E-state index in [4.69, 9.17) is 0 Å². The van der Waals surface area contributed by atoms with Gasteiger partial charge in [-0.1, -0.05) is 38.1 Å². The quantitative estimate of drug-likeness (QED) is 0.818. The van der Waals surface area contributed by atoms with Crippen LogP contribution in [0, 0.1) is 6.92 Å². The molecule has 96 valence electrons. The molecule has 0 spiro atoms. The molecule has 0 radical (unpaired) electrons. The van der Waals surface area contributed by atoms with Crippen LogP contribution in [0.15, 0.2) is 24.3 Å². The Morgan fingerprint density at radius 3 is 2.29 bits per heavy atom. The van der Waals surface area contributed by atoms with Crippen LogP contribution < -0.4 is 0 Å². The SMILES string of the molecule is CCC(CC)N(C)CC(O)c1ccccc1C. The summed E-state index contributed by atoms with van der Waals surface area (Å²) in [7, 11) is 2.10. The summed E-state index contributed by atoms with van der Waals surface area (Å²) in [6, 6.07) is 8.63. The fraction of sp³-hybridized carbons (Fsp3) is 0.600. The number of likely N-dealkylation sites (N-methyl/N-ethyl adjacent to an activating group) is 1. The topological polar surface area (TPSA) is 23.5 Å². The number of aryl methyl sites for hydroxylation is 1. The number of benzene rings is 1. The molecule has 0 heterocycles. The van der Waals surface area contributed by atoms with Crippen molar-refractivity contribution in [3.05, 3.63) is 35.4 Å². The molecule has 17 heavy (non-hydrogen) atoms. The Balaban J connectivity index is 2.66. The lowest BCUT2D eigenvalue weighted by atomic mass is 10.0. The van der Waals surface area contributed by atoms with Crippen molar-refractivity contribution in [2.75, 3.05) is 13.6 Å². The van der Waals surface area contributed by atoms with Crippen molar-refractivity contribution in [1.82, 2.24) is 4.90 Å². The third-order valence-electron chi connectivity index (χ3n) is 3.57. The predicted molar refractivity (Wildman–Crippen MR) is 73.1 cm³/mol. The summed E-state index contributed by atoms with van der Waals surface area (Å²) in [5.41, 5.74) is 2.21. The monoisotopic (exact) mass is 235 g/mol. The Morgan fingerprint density at radius 2 is 1.76 bits per heavy atom. The zero-order valence-corrected chi connectivity index (χ0v) is 11.5. The third kappa shape index (κ3) is 3.83. The van der Waals surface area contributed by atoms with Crippen LogP contribution in [0.1, 0.15) is 43.9 Å². The van der Waals surface area contributed by atoms with Crippen molar-refractivity contribution >= 4 is 0 Å². The smallest absolute Gasteiger partial charge is 0.0919 e. The average molecular weight is 235 g/mol. The largest absolute Gasteiger partial charge is 0.387 e. The highest BCUT2D eigenvalue weighted by atomic mass is 16.3. The summed E-state index contributed by atoms with van der Waals surface area (Å²) in [5.74, 6) is 0. The van der Waals surface area contributed by atoms with Gasteiger partial charge in [0.15, 0.2) is 0 Å². The fourth-order valence-electron chi connectivity index (χ4n) is 2.39. The second-order valence-electron chi connectivity index (χ2n) is 4.78. The molecule has 1 aromatic carbocycles. The summed E-state index contributed by atoms with van der Waals surface area (Å²) >= 11 is 0. The highest BCUT2D eigenvalue weighted by Gasteiger charge is 2.16. The maximum absolute atomic E-state index is 10.3. The molecule has 0 bridgehead atoms. The summed E-state index contributed by atoms with van der Waals surface area (Å²) in [5, 5.41) is 10.3. The number of nitrogens with zero attached hydrogens (tertiary/aromatic N) is 1. The minimum Gasteiger partial charge on any atom is -0.387 e. The molecule has 1 atom stereocenters. The molecule has 0 saturated heterocycles. The van der Waals surface area contributed by atoms with Crippen molar-refractivity contribution in [2.45, 2.75) is 45.8 Å². The van der Waals surface area contributed by atoms with E-state index in [0.29, 0.717) is 12.6 Å². The third-order valence-corrected chi connectivity index (χ3v) is 3.57. The molecule has 0 aliphatic heterocycles. The van der Waals surface area contributed by atoms with Gasteiger partial charge in [-0.15, -0.1) is 0 Å². The van der Waals surface area contributed by atoms with E-state index < -0.39 is 0 Å². The van der Waals surface area contributed by atoms with Crippen LogP contribution in [0.3, 0.4) is 0 Å². The first kappa shape index (κ1) is 14.2. The minimum absolute atomic E-state index is 0.387. The van der Waals surface area contributed by atoms with Crippen LogP contribution in [0.5, 0.6) is 0 Å². The maximum Gasteiger partial charge on any atom is 0.0919 e. The number of hydrogen-bond donors (Lipinski definition) is 1. The van der Waals surface area contributed by atoms with Crippen molar-refractivity contribution in [3.63, 3.8) is 0 Å². The van der Waals surface area contributed by atoms with E-state index in [2.05, 4.69) is 38.8 Å². The first-order chi connectivity index (χ1) is 8.10. The summed E-state index contributed by atoms with van der Waals surface area (Å²) in [6.07, 6.45) is 1.88. The zero-order chi connectivity index (χ0) is 12.8. The van der Waals surface area contributed by atoms with E-state index in [1.807, 2.05) is 18.2 Å². The lowest BCUT2D eigenvalue weighted by molar-refractivity contribution is 0.101. The van der Waals surface area contributed by atoms with Gasteiger partial charge < -0.3 is 10.0 Å². The van der Waals surface area contributed by atoms with Gasteiger partial charge in [0.05, 0.1) is 6.10 Å². The van der Waals surface area contributed by atoms with Crippen LogP contribution in [-0.2, 0) is 0 Å². The van der Waals surface area contributed by atoms with Gasteiger partial charge in [-0.3, -0.25) is 0 Å². The molecule has 1 aromatic rings.